The minimum atomic E-state index is -10.4. The number of carboxylic acid groups (broad SMARTS) is 1. The number of carbonyl (C=O) groups excluding carboxylic acids is 2. The van der Waals surface area contributed by atoms with E-state index in [2.05, 4.69) is 10.6 Å². The smallest absolute Gasteiger partial charge is 0.313 e. The van der Waals surface area contributed by atoms with E-state index in [0.717, 1.165) is 12.1 Å². The normalized spacial score (nSPS) is 25.4. The van der Waals surface area contributed by atoms with Crippen molar-refractivity contribution in [3.8, 4) is 11.5 Å². The van der Waals surface area contributed by atoms with E-state index in [1.54, 1.807) is 6.92 Å². The van der Waals surface area contributed by atoms with Crippen molar-refractivity contribution < 1.29 is 57.2 Å². The largest absolute Gasteiger partial charge is 0.496 e. The van der Waals surface area contributed by atoms with Crippen molar-refractivity contribution in [1.82, 2.24) is 5.32 Å². The number of benzene rings is 2. The number of ether oxygens (including phenoxy) is 2. The molecule has 2 fully saturated rings. The standard InChI is InChI=1S/C27H29F7N2O6S/c1-27(26(39)40)9-7-15(8-10-27)42-22-12-17(21(41-2)13-19(22)29)25(38)36-20-6-4-16(20)24(37)35-14-3-5-18(28)23(11-14)43(30,31,32,33)34/h3,5,11-13,15-16,20H,4,6-10H2,1-2H3,(H,35,37)(H,36,38)(H,39,40)/t15?,16-,20+,27?/m1/s1. The average molecular weight is 643 g/mol. The van der Waals surface area contributed by atoms with Crippen molar-refractivity contribution in [1.29, 1.82) is 0 Å². The molecule has 2 saturated carbocycles. The van der Waals surface area contributed by atoms with Gasteiger partial charge in [-0.25, -0.2) is 8.78 Å². The first kappa shape index (κ1) is 32.2. The molecule has 4 rings (SSSR count). The van der Waals surface area contributed by atoms with E-state index >= 15 is 0 Å². The maximum Gasteiger partial charge on any atom is 0.313 e. The SMILES string of the molecule is COc1cc(F)c(OC2CCC(C)(C(=O)O)CC2)cc1C(=O)N[C@H]1CC[C@H]1C(=O)Nc1ccc(F)c(S(F)(F)(F)(F)F)c1. The lowest BCUT2D eigenvalue weighted by Gasteiger charge is -2.40. The van der Waals surface area contributed by atoms with E-state index in [-0.39, 0.29) is 42.0 Å². The predicted octanol–water partition coefficient (Wildman–Crippen LogP) is 7.19. The molecule has 8 nitrogen and oxygen atoms in total. The minimum absolute atomic E-state index is 0.143. The summed E-state index contributed by atoms with van der Waals surface area (Å²) in [6.45, 7) is 1.62. The van der Waals surface area contributed by atoms with Gasteiger partial charge in [0.1, 0.15) is 16.5 Å². The molecule has 0 aliphatic heterocycles. The summed E-state index contributed by atoms with van der Waals surface area (Å²) in [5.41, 5.74) is -1.77. The highest BCUT2D eigenvalue weighted by atomic mass is 32.5. The summed E-state index contributed by atoms with van der Waals surface area (Å²) >= 11 is 0. The zero-order valence-corrected chi connectivity index (χ0v) is 23.7. The van der Waals surface area contributed by atoms with Gasteiger partial charge in [-0.2, -0.15) is 0 Å². The van der Waals surface area contributed by atoms with Crippen molar-refractivity contribution in [2.45, 2.75) is 62.5 Å². The Morgan fingerprint density at radius 3 is 2.12 bits per heavy atom. The summed E-state index contributed by atoms with van der Waals surface area (Å²) in [6, 6.07) is 1.91. The molecule has 16 heteroatoms. The summed E-state index contributed by atoms with van der Waals surface area (Å²) < 4.78 is 105. The van der Waals surface area contributed by atoms with Crippen molar-refractivity contribution in [2.75, 3.05) is 12.4 Å². The summed E-state index contributed by atoms with van der Waals surface area (Å²) in [5, 5.41) is 14.0. The van der Waals surface area contributed by atoms with Crippen LogP contribution in [0.2, 0.25) is 0 Å². The third-order valence-corrected chi connectivity index (χ3v) is 9.03. The van der Waals surface area contributed by atoms with Gasteiger partial charge in [-0.3, -0.25) is 14.4 Å². The molecule has 0 spiro atoms. The summed E-state index contributed by atoms with van der Waals surface area (Å²) in [7, 11) is -9.18. The second kappa shape index (κ2) is 10.5. The minimum Gasteiger partial charge on any atom is -0.496 e. The van der Waals surface area contributed by atoms with E-state index in [0.29, 0.717) is 31.7 Å². The molecule has 2 amide bonds. The Hall–Kier alpha value is -3.69. The molecular weight excluding hydrogens is 613 g/mol. The second-order valence-electron chi connectivity index (χ2n) is 11.0. The molecule has 2 aromatic rings. The number of carbonyl (C=O) groups is 3. The summed E-state index contributed by atoms with van der Waals surface area (Å²) in [6.07, 6.45) is 1.26. The van der Waals surface area contributed by atoms with E-state index in [9.17, 15) is 47.7 Å². The number of methoxy groups -OCH3 is 1. The van der Waals surface area contributed by atoms with Gasteiger partial charge in [-0.1, -0.05) is 19.4 Å². The van der Waals surface area contributed by atoms with E-state index < -0.39 is 73.7 Å². The molecule has 0 heterocycles. The van der Waals surface area contributed by atoms with Gasteiger partial charge in [0.15, 0.2) is 11.6 Å². The number of anilines is 1. The number of aliphatic carboxylic acids is 1. The molecule has 43 heavy (non-hydrogen) atoms. The van der Waals surface area contributed by atoms with Gasteiger partial charge in [0, 0.05) is 17.8 Å². The van der Waals surface area contributed by atoms with Gasteiger partial charge < -0.3 is 25.2 Å². The fraction of sp³-hybridized carbons (Fsp3) is 0.444. The van der Waals surface area contributed by atoms with Crippen LogP contribution in [0.3, 0.4) is 0 Å². The van der Waals surface area contributed by atoms with Crippen LogP contribution in [0.25, 0.3) is 0 Å². The molecule has 0 saturated heterocycles. The molecular formula is C27H29F7N2O6S. The summed E-state index contributed by atoms with van der Waals surface area (Å²) in [4.78, 5) is 34.6. The van der Waals surface area contributed by atoms with Crippen LogP contribution < -0.4 is 20.1 Å². The maximum atomic E-state index is 14.8. The fourth-order valence-electron chi connectivity index (χ4n) is 5.06. The molecule has 0 aromatic heterocycles. The lowest BCUT2D eigenvalue weighted by atomic mass is 9.75. The van der Waals surface area contributed by atoms with Crippen LogP contribution in [0, 0.1) is 23.0 Å². The Morgan fingerprint density at radius 1 is 0.930 bits per heavy atom. The first-order chi connectivity index (χ1) is 19.7. The van der Waals surface area contributed by atoms with Gasteiger partial charge in [-0.15, -0.1) is 0 Å². The quantitative estimate of drug-likeness (QED) is 0.250. The number of hydrogen-bond donors (Lipinski definition) is 3. The number of carboxylic acids is 1. The summed E-state index contributed by atoms with van der Waals surface area (Å²) in [5.74, 6) is -7.02. The van der Waals surface area contributed by atoms with Crippen molar-refractivity contribution >= 4 is 33.7 Å². The molecule has 2 atom stereocenters. The van der Waals surface area contributed by atoms with Crippen LogP contribution in [0.15, 0.2) is 35.2 Å². The topological polar surface area (TPSA) is 114 Å². The van der Waals surface area contributed by atoms with Gasteiger partial charge >= 0.3 is 16.2 Å². The highest BCUT2D eigenvalue weighted by molar-refractivity contribution is 8.45. The molecule has 238 valence electrons. The van der Waals surface area contributed by atoms with Crippen molar-refractivity contribution in [3.05, 3.63) is 47.5 Å². The Balaban J connectivity index is 1.44. The Labute approximate surface area is 241 Å². The molecule has 0 unspecified atom stereocenters. The second-order valence-corrected chi connectivity index (χ2v) is 13.4. The Morgan fingerprint density at radius 2 is 1.58 bits per heavy atom. The third-order valence-electron chi connectivity index (χ3n) is 7.89. The van der Waals surface area contributed by atoms with Crippen LogP contribution in [0.4, 0.5) is 33.9 Å². The molecule has 3 N–H and O–H groups in total. The number of halogens is 7. The van der Waals surface area contributed by atoms with Crippen LogP contribution in [0.5, 0.6) is 11.5 Å². The lowest BCUT2D eigenvalue weighted by molar-refractivity contribution is -0.150. The van der Waals surface area contributed by atoms with Crippen LogP contribution in [0.1, 0.15) is 55.8 Å². The fourth-order valence-corrected chi connectivity index (χ4v) is 5.84. The maximum absolute atomic E-state index is 14.8. The molecule has 0 bridgehead atoms. The van der Waals surface area contributed by atoms with Gasteiger partial charge in [0.05, 0.1) is 30.1 Å². The first-order valence-electron chi connectivity index (χ1n) is 13.1. The molecule has 2 aliphatic carbocycles. The number of rotatable bonds is 9. The zero-order valence-electron chi connectivity index (χ0n) is 22.9. The van der Waals surface area contributed by atoms with E-state index in [1.807, 2.05) is 0 Å². The van der Waals surface area contributed by atoms with E-state index in [1.165, 1.54) is 7.11 Å². The molecule has 2 aromatic carbocycles. The highest BCUT2D eigenvalue weighted by Crippen LogP contribution is 3.02. The number of hydrogen-bond acceptors (Lipinski definition) is 5. The number of amides is 2. The monoisotopic (exact) mass is 642 g/mol. The van der Waals surface area contributed by atoms with Crippen molar-refractivity contribution in [2.24, 2.45) is 11.3 Å². The van der Waals surface area contributed by atoms with E-state index in [4.69, 9.17) is 9.47 Å². The van der Waals surface area contributed by atoms with Crippen LogP contribution in [-0.2, 0) is 9.59 Å². The Bertz CT molecular complexity index is 1460. The predicted molar refractivity (Wildman–Crippen MR) is 142 cm³/mol. The highest BCUT2D eigenvalue weighted by Gasteiger charge is 2.67. The molecule has 0 radical (unpaired) electrons. The van der Waals surface area contributed by atoms with Crippen molar-refractivity contribution in [3.63, 3.8) is 0 Å². The first-order valence-corrected chi connectivity index (χ1v) is 15.1. The molecule has 2 aliphatic rings. The zero-order chi connectivity index (χ0) is 32.0. The third kappa shape index (κ3) is 7.11. The van der Waals surface area contributed by atoms with Gasteiger partial charge in [0.25, 0.3) is 5.91 Å². The van der Waals surface area contributed by atoms with Crippen LogP contribution >= 0.6 is 10.2 Å². The van der Waals surface area contributed by atoms with Crippen LogP contribution in [-0.4, -0.2) is 42.1 Å². The number of nitrogens with one attached hydrogen (secondary N) is 2. The van der Waals surface area contributed by atoms with Gasteiger partial charge in [-0.05, 0) is 69.7 Å². The average Bonchev–Trinajstić information content (AvgIpc) is 2.88. The Kier molecular flexibility index (Phi) is 7.86. The lowest BCUT2D eigenvalue weighted by Crippen LogP contribution is -2.51. The van der Waals surface area contributed by atoms with Gasteiger partial charge in [0.2, 0.25) is 5.91 Å².